The predicted molar refractivity (Wildman–Crippen MR) is 73.4 cm³/mol. The SMILES string of the molecule is CCc1cc2nnc3c(N)c(CC(=O)O)ccc3n2n1. The average molecular weight is 271 g/mol. The summed E-state index contributed by atoms with van der Waals surface area (Å²) in [6.07, 6.45) is 0.665. The van der Waals surface area contributed by atoms with Crippen molar-refractivity contribution in [2.45, 2.75) is 19.8 Å². The quantitative estimate of drug-likeness (QED) is 0.689. The second-order valence-electron chi connectivity index (χ2n) is 4.54. The summed E-state index contributed by atoms with van der Waals surface area (Å²) in [4.78, 5) is 10.8. The molecule has 102 valence electrons. The Bertz CT molecular complexity index is 824. The van der Waals surface area contributed by atoms with E-state index in [4.69, 9.17) is 10.8 Å². The fourth-order valence-corrected chi connectivity index (χ4v) is 2.17. The third-order valence-corrected chi connectivity index (χ3v) is 3.21. The first-order chi connectivity index (χ1) is 9.60. The Balaban J connectivity index is 2.28. The number of rotatable bonds is 3. The molecule has 1 aromatic carbocycles. The molecule has 0 aliphatic heterocycles. The minimum Gasteiger partial charge on any atom is -0.481 e. The lowest BCUT2D eigenvalue weighted by Gasteiger charge is -2.07. The number of anilines is 1. The zero-order valence-electron chi connectivity index (χ0n) is 10.9. The molecule has 0 aliphatic rings. The fourth-order valence-electron chi connectivity index (χ4n) is 2.17. The van der Waals surface area contributed by atoms with Gasteiger partial charge in [0.25, 0.3) is 0 Å². The van der Waals surface area contributed by atoms with Gasteiger partial charge in [0.05, 0.1) is 23.3 Å². The number of fused-ring (bicyclic) bond motifs is 3. The van der Waals surface area contributed by atoms with Gasteiger partial charge >= 0.3 is 5.97 Å². The Kier molecular flexibility index (Phi) is 2.74. The lowest BCUT2D eigenvalue weighted by atomic mass is 10.1. The van der Waals surface area contributed by atoms with Crippen molar-refractivity contribution in [1.82, 2.24) is 19.8 Å². The molecule has 0 fully saturated rings. The van der Waals surface area contributed by atoms with Crippen LogP contribution in [0.4, 0.5) is 5.69 Å². The molecule has 0 bridgehead atoms. The van der Waals surface area contributed by atoms with E-state index >= 15 is 0 Å². The second-order valence-corrected chi connectivity index (χ2v) is 4.54. The monoisotopic (exact) mass is 271 g/mol. The van der Waals surface area contributed by atoms with Crippen molar-refractivity contribution in [2.24, 2.45) is 0 Å². The Hall–Kier alpha value is -2.70. The highest BCUT2D eigenvalue weighted by atomic mass is 16.4. The van der Waals surface area contributed by atoms with Gasteiger partial charge in [0.15, 0.2) is 5.65 Å². The van der Waals surface area contributed by atoms with E-state index in [0.717, 1.165) is 17.6 Å². The molecule has 2 heterocycles. The van der Waals surface area contributed by atoms with Crippen LogP contribution in [-0.4, -0.2) is 30.9 Å². The van der Waals surface area contributed by atoms with Crippen LogP contribution in [0.3, 0.4) is 0 Å². The van der Waals surface area contributed by atoms with Crippen molar-refractivity contribution >= 4 is 28.3 Å². The number of nitrogen functional groups attached to an aromatic ring is 1. The summed E-state index contributed by atoms with van der Waals surface area (Å²) in [5.74, 6) is -0.933. The minimum atomic E-state index is -0.933. The van der Waals surface area contributed by atoms with Crippen LogP contribution in [0.2, 0.25) is 0 Å². The maximum Gasteiger partial charge on any atom is 0.307 e. The van der Waals surface area contributed by atoms with E-state index in [1.807, 2.05) is 13.0 Å². The van der Waals surface area contributed by atoms with Gasteiger partial charge in [0.1, 0.15) is 5.52 Å². The number of hydrogen-bond acceptors (Lipinski definition) is 5. The molecular formula is C13H13N5O2. The number of nitrogens with two attached hydrogens (primary N) is 1. The molecule has 3 N–H and O–H groups in total. The van der Waals surface area contributed by atoms with Crippen molar-refractivity contribution in [3.8, 4) is 0 Å². The molecule has 0 unspecified atom stereocenters. The molecule has 20 heavy (non-hydrogen) atoms. The van der Waals surface area contributed by atoms with E-state index in [9.17, 15) is 4.79 Å². The smallest absolute Gasteiger partial charge is 0.307 e. The lowest BCUT2D eigenvalue weighted by Crippen LogP contribution is -2.06. The molecular weight excluding hydrogens is 258 g/mol. The largest absolute Gasteiger partial charge is 0.481 e. The van der Waals surface area contributed by atoms with Crippen molar-refractivity contribution in [1.29, 1.82) is 0 Å². The zero-order valence-corrected chi connectivity index (χ0v) is 10.9. The molecule has 0 saturated heterocycles. The summed E-state index contributed by atoms with van der Waals surface area (Å²) >= 11 is 0. The number of benzene rings is 1. The lowest BCUT2D eigenvalue weighted by molar-refractivity contribution is -0.136. The Morgan fingerprint density at radius 2 is 2.20 bits per heavy atom. The van der Waals surface area contributed by atoms with Crippen LogP contribution in [0.15, 0.2) is 18.2 Å². The van der Waals surface area contributed by atoms with Crippen LogP contribution in [-0.2, 0) is 17.6 Å². The van der Waals surface area contributed by atoms with Crippen molar-refractivity contribution in [2.75, 3.05) is 5.73 Å². The summed E-state index contributed by atoms with van der Waals surface area (Å²) in [6.45, 7) is 2.01. The summed E-state index contributed by atoms with van der Waals surface area (Å²) in [6, 6.07) is 5.34. The molecule has 0 aliphatic carbocycles. The first-order valence-corrected chi connectivity index (χ1v) is 6.24. The van der Waals surface area contributed by atoms with Crippen molar-refractivity contribution < 1.29 is 9.90 Å². The summed E-state index contributed by atoms with van der Waals surface area (Å²) in [7, 11) is 0. The molecule has 0 saturated carbocycles. The van der Waals surface area contributed by atoms with Crippen molar-refractivity contribution in [3.05, 3.63) is 29.5 Å². The Morgan fingerprint density at radius 3 is 2.90 bits per heavy atom. The number of aryl methyl sites for hydroxylation is 1. The number of aromatic nitrogens is 4. The molecule has 0 radical (unpaired) electrons. The highest BCUT2D eigenvalue weighted by Gasteiger charge is 2.13. The summed E-state index contributed by atoms with van der Waals surface area (Å²) < 4.78 is 1.68. The predicted octanol–water partition coefficient (Wildman–Crippen LogP) is 1.05. The second kappa shape index (κ2) is 4.44. The van der Waals surface area contributed by atoms with Gasteiger partial charge in [-0.15, -0.1) is 10.2 Å². The van der Waals surface area contributed by atoms with Gasteiger partial charge in [-0.2, -0.15) is 5.10 Å². The van der Waals surface area contributed by atoms with E-state index in [-0.39, 0.29) is 6.42 Å². The molecule has 2 aromatic heterocycles. The molecule has 7 nitrogen and oxygen atoms in total. The van der Waals surface area contributed by atoms with Crippen LogP contribution in [0.1, 0.15) is 18.2 Å². The van der Waals surface area contributed by atoms with E-state index in [0.29, 0.717) is 22.4 Å². The van der Waals surface area contributed by atoms with Gasteiger partial charge in [0.2, 0.25) is 0 Å². The Morgan fingerprint density at radius 1 is 1.40 bits per heavy atom. The highest BCUT2D eigenvalue weighted by molar-refractivity contribution is 5.90. The van der Waals surface area contributed by atoms with Gasteiger partial charge in [-0.1, -0.05) is 13.0 Å². The van der Waals surface area contributed by atoms with Crippen LogP contribution in [0.25, 0.3) is 16.7 Å². The maximum atomic E-state index is 10.8. The molecule has 0 spiro atoms. The normalized spacial score (nSPS) is 11.2. The number of carboxylic acid groups (broad SMARTS) is 1. The van der Waals surface area contributed by atoms with Crippen LogP contribution in [0, 0.1) is 0 Å². The molecule has 3 aromatic rings. The average Bonchev–Trinajstić information content (AvgIpc) is 2.84. The van der Waals surface area contributed by atoms with E-state index in [1.165, 1.54) is 0 Å². The molecule has 0 atom stereocenters. The fraction of sp³-hybridized carbons (Fsp3) is 0.231. The van der Waals surface area contributed by atoms with Gasteiger partial charge in [0, 0.05) is 6.07 Å². The van der Waals surface area contributed by atoms with Crippen LogP contribution in [0.5, 0.6) is 0 Å². The van der Waals surface area contributed by atoms with Gasteiger partial charge < -0.3 is 10.8 Å². The van der Waals surface area contributed by atoms with Gasteiger partial charge in [-0.25, -0.2) is 4.52 Å². The van der Waals surface area contributed by atoms with Crippen LogP contribution >= 0.6 is 0 Å². The zero-order chi connectivity index (χ0) is 14.3. The minimum absolute atomic E-state index is 0.138. The first-order valence-electron chi connectivity index (χ1n) is 6.24. The number of hydrogen-bond donors (Lipinski definition) is 2. The molecule has 0 amide bonds. The van der Waals surface area contributed by atoms with Gasteiger partial charge in [-0.05, 0) is 18.1 Å². The van der Waals surface area contributed by atoms with Crippen molar-refractivity contribution in [3.63, 3.8) is 0 Å². The van der Waals surface area contributed by atoms with Crippen LogP contribution < -0.4 is 5.73 Å². The number of aliphatic carboxylic acids is 1. The number of carboxylic acids is 1. The van der Waals surface area contributed by atoms with E-state index in [1.54, 1.807) is 16.6 Å². The maximum absolute atomic E-state index is 10.8. The highest BCUT2D eigenvalue weighted by Crippen LogP contribution is 2.23. The van der Waals surface area contributed by atoms with Gasteiger partial charge in [-0.3, -0.25) is 4.79 Å². The third kappa shape index (κ3) is 1.83. The van der Waals surface area contributed by atoms with E-state index < -0.39 is 5.97 Å². The molecule has 3 rings (SSSR count). The summed E-state index contributed by atoms with van der Waals surface area (Å²) in [5, 5.41) is 21.5. The summed E-state index contributed by atoms with van der Waals surface area (Å²) in [5.41, 5.74) is 9.63. The number of carbonyl (C=O) groups is 1. The standard InChI is InChI=1S/C13H13N5O2/c1-2-8-6-10-15-16-13-9(18(10)17-8)4-3-7(12(13)14)5-11(19)20/h3-4,6H,2,5,14H2,1H3,(H,19,20). The topological polar surface area (TPSA) is 106 Å². The number of nitrogens with zero attached hydrogens (tertiary/aromatic N) is 4. The first kappa shape index (κ1) is 12.3. The third-order valence-electron chi connectivity index (χ3n) is 3.21. The molecule has 7 heteroatoms. The van der Waals surface area contributed by atoms with E-state index in [2.05, 4.69) is 15.3 Å². The Labute approximate surface area is 114 Å².